The lowest BCUT2D eigenvalue weighted by atomic mass is 9.78. The van der Waals surface area contributed by atoms with Crippen LogP contribution in [0.1, 0.15) is 54.4 Å². The van der Waals surface area contributed by atoms with E-state index in [0.29, 0.717) is 11.0 Å². The van der Waals surface area contributed by atoms with Gasteiger partial charge in [0.05, 0.1) is 0 Å². The molecular formula is C14H27N. The third-order valence-electron chi connectivity index (χ3n) is 4.26. The van der Waals surface area contributed by atoms with Crippen LogP contribution in [0.5, 0.6) is 0 Å². The van der Waals surface area contributed by atoms with E-state index in [0.717, 1.165) is 17.9 Å². The Balaban J connectivity index is 2.18. The molecule has 2 aliphatic rings. The van der Waals surface area contributed by atoms with E-state index >= 15 is 0 Å². The van der Waals surface area contributed by atoms with E-state index in [1.807, 2.05) is 0 Å². The highest BCUT2D eigenvalue weighted by molar-refractivity contribution is 5.03. The lowest BCUT2D eigenvalue weighted by Gasteiger charge is -2.49. The minimum atomic E-state index is 0.339. The number of fused-ring (bicyclic) bond motifs is 1. The molecule has 0 radical (unpaired) electrons. The summed E-state index contributed by atoms with van der Waals surface area (Å²) in [6, 6.07) is 0.779. The van der Waals surface area contributed by atoms with E-state index in [4.69, 9.17) is 0 Å². The van der Waals surface area contributed by atoms with E-state index < -0.39 is 0 Å². The van der Waals surface area contributed by atoms with Crippen molar-refractivity contribution >= 4 is 0 Å². The number of nitrogens with zero attached hydrogens (tertiary/aromatic N) is 1. The highest BCUT2D eigenvalue weighted by Gasteiger charge is 2.50. The molecule has 0 bridgehead atoms. The number of hydrogen-bond acceptors (Lipinski definition) is 1. The first-order valence-electron chi connectivity index (χ1n) is 6.46. The van der Waals surface area contributed by atoms with Gasteiger partial charge < -0.3 is 0 Å². The first kappa shape index (κ1) is 11.4. The Kier molecular flexibility index (Phi) is 2.46. The molecular weight excluding hydrogens is 182 g/mol. The molecule has 2 rings (SSSR count). The van der Waals surface area contributed by atoms with Crippen molar-refractivity contribution in [3.05, 3.63) is 0 Å². The van der Waals surface area contributed by atoms with Crippen molar-refractivity contribution in [1.29, 1.82) is 0 Å². The van der Waals surface area contributed by atoms with Crippen LogP contribution in [0.2, 0.25) is 0 Å². The molecule has 0 aromatic heterocycles. The van der Waals surface area contributed by atoms with Crippen LogP contribution in [0.3, 0.4) is 0 Å². The Morgan fingerprint density at radius 3 is 1.93 bits per heavy atom. The number of piperidine rings is 1. The molecule has 1 heterocycles. The molecule has 0 N–H and O–H groups in total. The van der Waals surface area contributed by atoms with Gasteiger partial charge in [0.25, 0.3) is 0 Å². The molecule has 0 aromatic rings. The van der Waals surface area contributed by atoms with Crippen LogP contribution in [-0.4, -0.2) is 23.0 Å². The van der Waals surface area contributed by atoms with Crippen LogP contribution in [0.25, 0.3) is 0 Å². The van der Waals surface area contributed by atoms with Gasteiger partial charge in [-0.1, -0.05) is 20.8 Å². The highest BCUT2D eigenvalue weighted by Crippen LogP contribution is 2.51. The second-order valence-electron chi connectivity index (χ2n) is 7.70. The predicted octanol–water partition coefficient (Wildman–Crippen LogP) is 3.54. The van der Waals surface area contributed by atoms with Gasteiger partial charge in [-0.3, -0.25) is 4.90 Å². The van der Waals surface area contributed by atoms with Gasteiger partial charge in [-0.15, -0.1) is 0 Å². The Morgan fingerprint density at radius 2 is 1.47 bits per heavy atom. The minimum Gasteiger partial charge on any atom is -0.295 e. The zero-order chi connectivity index (χ0) is 11.4. The minimum absolute atomic E-state index is 0.339. The topological polar surface area (TPSA) is 3.24 Å². The molecule has 3 atom stereocenters. The normalized spacial score (nSPS) is 37.6. The molecule has 0 amide bonds. The van der Waals surface area contributed by atoms with Crippen molar-refractivity contribution in [2.75, 3.05) is 6.54 Å². The smallest absolute Gasteiger partial charge is 0.0152 e. The fourth-order valence-corrected chi connectivity index (χ4v) is 3.18. The number of likely N-dealkylation sites (tertiary alicyclic amines) is 1. The van der Waals surface area contributed by atoms with Crippen LogP contribution in [0, 0.1) is 17.3 Å². The Bertz CT molecular complexity index is 217. The maximum absolute atomic E-state index is 2.77. The van der Waals surface area contributed by atoms with Gasteiger partial charge in [0.1, 0.15) is 0 Å². The first-order valence-corrected chi connectivity index (χ1v) is 6.46. The van der Waals surface area contributed by atoms with Crippen molar-refractivity contribution in [2.45, 2.75) is 66.0 Å². The predicted molar refractivity (Wildman–Crippen MR) is 65.9 cm³/mol. The van der Waals surface area contributed by atoms with Crippen LogP contribution in [-0.2, 0) is 0 Å². The van der Waals surface area contributed by atoms with Gasteiger partial charge in [-0.25, -0.2) is 0 Å². The summed E-state index contributed by atoms with van der Waals surface area (Å²) in [6.07, 6.45) is 2.94. The largest absolute Gasteiger partial charge is 0.295 e. The average molecular weight is 209 g/mol. The van der Waals surface area contributed by atoms with Crippen molar-refractivity contribution in [3.8, 4) is 0 Å². The van der Waals surface area contributed by atoms with Gasteiger partial charge in [-0.2, -0.15) is 0 Å². The highest BCUT2D eigenvalue weighted by atomic mass is 15.2. The van der Waals surface area contributed by atoms with E-state index in [9.17, 15) is 0 Å². The molecule has 15 heavy (non-hydrogen) atoms. The first-order chi connectivity index (χ1) is 6.69. The third-order valence-corrected chi connectivity index (χ3v) is 4.26. The summed E-state index contributed by atoms with van der Waals surface area (Å²) in [4.78, 5) is 2.77. The molecule has 1 saturated carbocycles. The van der Waals surface area contributed by atoms with Crippen LogP contribution in [0.15, 0.2) is 0 Å². The van der Waals surface area contributed by atoms with Gasteiger partial charge in [0.2, 0.25) is 0 Å². The van der Waals surface area contributed by atoms with Crippen LogP contribution in [0.4, 0.5) is 0 Å². The molecule has 1 nitrogen and oxygen atoms in total. The molecule has 1 aliphatic heterocycles. The molecule has 0 aromatic carbocycles. The summed E-state index contributed by atoms with van der Waals surface area (Å²) in [6.45, 7) is 15.7. The van der Waals surface area contributed by atoms with E-state index in [1.165, 1.54) is 19.4 Å². The molecule has 0 spiro atoms. The fourth-order valence-electron chi connectivity index (χ4n) is 3.18. The standard InChI is InChI=1S/C14H27N/c1-13(2,3)12-8-10-7-11(10)9-15(12)14(4,5)6/h10-12H,7-9H2,1-6H3. The van der Waals surface area contributed by atoms with Crippen molar-refractivity contribution < 1.29 is 0 Å². The summed E-state index contributed by atoms with van der Waals surface area (Å²) in [7, 11) is 0. The summed E-state index contributed by atoms with van der Waals surface area (Å²) in [5.74, 6) is 2.09. The second kappa shape index (κ2) is 3.23. The molecule has 1 heteroatoms. The van der Waals surface area contributed by atoms with Gasteiger partial charge in [0.15, 0.2) is 0 Å². The van der Waals surface area contributed by atoms with Crippen LogP contribution >= 0.6 is 0 Å². The fraction of sp³-hybridized carbons (Fsp3) is 1.00. The van der Waals surface area contributed by atoms with Crippen molar-refractivity contribution in [2.24, 2.45) is 17.3 Å². The zero-order valence-corrected chi connectivity index (χ0v) is 11.3. The monoisotopic (exact) mass is 209 g/mol. The molecule has 88 valence electrons. The summed E-state index contributed by atoms with van der Waals surface area (Å²) in [5.41, 5.74) is 0.770. The Hall–Kier alpha value is -0.0400. The van der Waals surface area contributed by atoms with Crippen molar-refractivity contribution in [1.82, 2.24) is 4.90 Å². The second-order valence-corrected chi connectivity index (χ2v) is 7.70. The van der Waals surface area contributed by atoms with E-state index in [2.05, 4.69) is 46.4 Å². The summed E-state index contributed by atoms with van der Waals surface area (Å²) >= 11 is 0. The van der Waals surface area contributed by atoms with E-state index in [1.54, 1.807) is 0 Å². The van der Waals surface area contributed by atoms with Gasteiger partial charge in [-0.05, 0) is 50.9 Å². The lowest BCUT2D eigenvalue weighted by molar-refractivity contribution is -0.00807. The zero-order valence-electron chi connectivity index (χ0n) is 11.3. The summed E-state index contributed by atoms with van der Waals surface area (Å²) < 4.78 is 0. The summed E-state index contributed by atoms with van der Waals surface area (Å²) in [5, 5.41) is 0. The SMILES string of the molecule is CC(C)(C)C1CC2CC2CN1C(C)(C)C. The average Bonchev–Trinajstić information content (AvgIpc) is 2.75. The molecule has 2 fully saturated rings. The quantitative estimate of drug-likeness (QED) is 0.590. The Morgan fingerprint density at radius 1 is 0.867 bits per heavy atom. The Labute approximate surface area is 95.2 Å². The third kappa shape index (κ3) is 2.22. The van der Waals surface area contributed by atoms with Crippen molar-refractivity contribution in [3.63, 3.8) is 0 Å². The number of rotatable bonds is 0. The van der Waals surface area contributed by atoms with Crippen LogP contribution < -0.4 is 0 Å². The van der Waals surface area contributed by atoms with Gasteiger partial charge >= 0.3 is 0 Å². The maximum Gasteiger partial charge on any atom is 0.0152 e. The lowest BCUT2D eigenvalue weighted by Crippen LogP contribution is -2.56. The molecule has 1 saturated heterocycles. The molecule has 1 aliphatic carbocycles. The molecule has 3 unspecified atom stereocenters. The maximum atomic E-state index is 2.77. The van der Waals surface area contributed by atoms with Gasteiger partial charge in [0, 0.05) is 18.1 Å². The number of hydrogen-bond donors (Lipinski definition) is 0. The van der Waals surface area contributed by atoms with E-state index in [-0.39, 0.29) is 0 Å².